The highest BCUT2D eigenvalue weighted by Gasteiger charge is 2.30. The van der Waals surface area contributed by atoms with Crippen LogP contribution in [-0.2, 0) is 6.42 Å². The zero-order valence-corrected chi connectivity index (χ0v) is 18.8. The molecule has 5 rings (SSSR count). The second-order valence-electron chi connectivity index (χ2n) is 7.88. The number of methoxy groups -OCH3 is 1. The summed E-state index contributed by atoms with van der Waals surface area (Å²) >= 11 is 1.41. The van der Waals surface area contributed by atoms with E-state index in [0.717, 1.165) is 22.3 Å². The van der Waals surface area contributed by atoms with Crippen molar-refractivity contribution in [1.29, 1.82) is 0 Å². The van der Waals surface area contributed by atoms with E-state index < -0.39 is 0 Å². The van der Waals surface area contributed by atoms with Crippen LogP contribution in [0.3, 0.4) is 0 Å². The third kappa shape index (κ3) is 4.08. The molecule has 2 aliphatic rings. The molecule has 1 unspecified atom stereocenters. The van der Waals surface area contributed by atoms with Crippen molar-refractivity contribution in [2.45, 2.75) is 19.4 Å². The minimum atomic E-state index is 0.00595. The SMILES string of the molecule is COc1cccc(Cc2nsc(N3CCN(C(=O)c4ccc5c(c4)OCO5)C(C)C3)n2)c1. The first-order valence-corrected chi connectivity index (χ1v) is 11.3. The van der Waals surface area contributed by atoms with Gasteiger partial charge in [-0.05, 0) is 42.8 Å². The van der Waals surface area contributed by atoms with E-state index in [2.05, 4.69) is 16.2 Å². The van der Waals surface area contributed by atoms with E-state index >= 15 is 0 Å². The molecule has 3 heterocycles. The third-order valence-corrected chi connectivity index (χ3v) is 6.55. The predicted molar refractivity (Wildman–Crippen MR) is 121 cm³/mol. The Morgan fingerprint density at radius 2 is 2.06 bits per heavy atom. The fourth-order valence-corrected chi connectivity index (χ4v) is 4.76. The first kappa shape index (κ1) is 20.6. The molecule has 2 aliphatic heterocycles. The van der Waals surface area contributed by atoms with Gasteiger partial charge in [-0.15, -0.1) is 0 Å². The topological polar surface area (TPSA) is 77.0 Å². The first-order valence-electron chi connectivity index (χ1n) is 10.5. The van der Waals surface area contributed by atoms with Gasteiger partial charge in [0.15, 0.2) is 11.5 Å². The van der Waals surface area contributed by atoms with E-state index in [1.165, 1.54) is 11.5 Å². The Labute approximate surface area is 190 Å². The van der Waals surface area contributed by atoms with Crippen molar-refractivity contribution in [2.75, 3.05) is 38.4 Å². The fourth-order valence-electron chi connectivity index (χ4n) is 4.04. The second-order valence-corrected chi connectivity index (χ2v) is 8.61. The molecule has 1 fully saturated rings. The van der Waals surface area contributed by atoms with Gasteiger partial charge in [-0.2, -0.15) is 4.37 Å². The van der Waals surface area contributed by atoms with Crippen LogP contribution in [-0.4, -0.2) is 59.7 Å². The van der Waals surface area contributed by atoms with Gasteiger partial charge >= 0.3 is 0 Å². The van der Waals surface area contributed by atoms with E-state index in [0.29, 0.717) is 43.1 Å². The van der Waals surface area contributed by atoms with Gasteiger partial charge in [0, 0.05) is 49.2 Å². The minimum absolute atomic E-state index is 0.00595. The number of piperazine rings is 1. The smallest absolute Gasteiger partial charge is 0.254 e. The van der Waals surface area contributed by atoms with Gasteiger partial charge < -0.3 is 24.0 Å². The summed E-state index contributed by atoms with van der Waals surface area (Å²) < 4.78 is 20.6. The number of fused-ring (bicyclic) bond motifs is 1. The number of hydrogen-bond acceptors (Lipinski definition) is 8. The van der Waals surface area contributed by atoms with Crippen LogP contribution in [0.5, 0.6) is 17.2 Å². The summed E-state index contributed by atoms with van der Waals surface area (Å²) in [6.07, 6.45) is 0.659. The van der Waals surface area contributed by atoms with Gasteiger partial charge in [0.05, 0.1) is 7.11 Å². The van der Waals surface area contributed by atoms with Crippen molar-refractivity contribution in [3.05, 3.63) is 59.4 Å². The van der Waals surface area contributed by atoms with Crippen LogP contribution >= 0.6 is 11.5 Å². The van der Waals surface area contributed by atoms with Gasteiger partial charge in [0.25, 0.3) is 5.91 Å². The van der Waals surface area contributed by atoms with E-state index in [9.17, 15) is 4.79 Å². The Balaban J connectivity index is 1.23. The Morgan fingerprint density at radius 1 is 1.19 bits per heavy atom. The Morgan fingerprint density at radius 3 is 2.91 bits per heavy atom. The molecule has 0 radical (unpaired) electrons. The third-order valence-electron chi connectivity index (χ3n) is 5.73. The maximum Gasteiger partial charge on any atom is 0.254 e. The van der Waals surface area contributed by atoms with Gasteiger partial charge in [-0.25, -0.2) is 4.98 Å². The summed E-state index contributed by atoms with van der Waals surface area (Å²) in [5.41, 5.74) is 1.73. The number of carbonyl (C=O) groups excluding carboxylic acids is 1. The summed E-state index contributed by atoms with van der Waals surface area (Å²) in [5.74, 6) is 2.94. The lowest BCUT2D eigenvalue weighted by molar-refractivity contribution is 0.0673. The predicted octanol–water partition coefficient (Wildman–Crippen LogP) is 3.22. The zero-order chi connectivity index (χ0) is 22.1. The second kappa shape index (κ2) is 8.66. The molecule has 0 saturated carbocycles. The lowest BCUT2D eigenvalue weighted by Gasteiger charge is -2.39. The number of amides is 1. The lowest BCUT2D eigenvalue weighted by Crippen LogP contribution is -2.54. The van der Waals surface area contributed by atoms with Crippen LogP contribution in [0.4, 0.5) is 5.13 Å². The normalized spacial score (nSPS) is 17.5. The van der Waals surface area contributed by atoms with Crippen LogP contribution in [0.1, 0.15) is 28.7 Å². The standard InChI is InChI=1S/C23H24N4O4S/c1-15-13-26(23-24-21(25-32-23)11-16-4-3-5-18(10-16)29-2)8-9-27(15)22(28)17-6-7-19-20(12-17)31-14-30-19/h3-7,10,12,15H,8-9,11,13-14H2,1-2H3. The molecule has 166 valence electrons. The number of ether oxygens (including phenoxy) is 3. The van der Waals surface area contributed by atoms with E-state index in [1.54, 1.807) is 25.3 Å². The monoisotopic (exact) mass is 452 g/mol. The molecule has 0 spiro atoms. The van der Waals surface area contributed by atoms with Crippen LogP contribution in [0.15, 0.2) is 42.5 Å². The van der Waals surface area contributed by atoms with Crippen molar-refractivity contribution in [2.24, 2.45) is 0 Å². The van der Waals surface area contributed by atoms with Crippen molar-refractivity contribution in [3.63, 3.8) is 0 Å². The highest BCUT2D eigenvalue weighted by molar-refractivity contribution is 7.09. The van der Waals surface area contributed by atoms with Gasteiger partial charge in [-0.1, -0.05) is 12.1 Å². The quantitative estimate of drug-likeness (QED) is 0.588. The molecular weight excluding hydrogens is 428 g/mol. The average molecular weight is 453 g/mol. The first-order chi connectivity index (χ1) is 15.6. The van der Waals surface area contributed by atoms with Gasteiger partial charge in [0.2, 0.25) is 11.9 Å². The van der Waals surface area contributed by atoms with E-state index in [4.69, 9.17) is 19.2 Å². The molecule has 32 heavy (non-hydrogen) atoms. The molecule has 1 aromatic heterocycles. The molecule has 0 bridgehead atoms. The van der Waals surface area contributed by atoms with Crippen LogP contribution in [0, 0.1) is 0 Å². The molecule has 2 aromatic carbocycles. The van der Waals surface area contributed by atoms with E-state index in [-0.39, 0.29) is 18.7 Å². The molecule has 8 nitrogen and oxygen atoms in total. The summed E-state index contributed by atoms with van der Waals surface area (Å²) in [7, 11) is 1.66. The van der Waals surface area contributed by atoms with Crippen LogP contribution in [0.25, 0.3) is 0 Å². The molecule has 1 atom stereocenters. The number of carbonyl (C=O) groups is 1. The summed E-state index contributed by atoms with van der Waals surface area (Å²) in [4.78, 5) is 22.0. The molecule has 1 amide bonds. The fraction of sp³-hybridized carbons (Fsp3) is 0.348. The summed E-state index contributed by atoms with van der Waals surface area (Å²) in [6, 6.07) is 13.3. The largest absolute Gasteiger partial charge is 0.497 e. The van der Waals surface area contributed by atoms with Crippen LogP contribution < -0.4 is 19.1 Å². The number of hydrogen-bond donors (Lipinski definition) is 0. The molecule has 9 heteroatoms. The molecule has 0 aliphatic carbocycles. The molecule has 1 saturated heterocycles. The highest BCUT2D eigenvalue weighted by Crippen LogP contribution is 2.33. The number of rotatable bonds is 5. The van der Waals surface area contributed by atoms with Gasteiger partial charge in [0.1, 0.15) is 11.6 Å². The van der Waals surface area contributed by atoms with Gasteiger partial charge in [-0.3, -0.25) is 4.79 Å². The number of benzene rings is 2. The molecule has 0 N–H and O–H groups in total. The summed E-state index contributed by atoms with van der Waals surface area (Å²) in [6.45, 7) is 4.32. The minimum Gasteiger partial charge on any atom is -0.497 e. The summed E-state index contributed by atoms with van der Waals surface area (Å²) in [5, 5.41) is 0.893. The number of aromatic nitrogens is 2. The average Bonchev–Trinajstić information content (AvgIpc) is 3.47. The van der Waals surface area contributed by atoms with Crippen molar-refractivity contribution in [1.82, 2.24) is 14.3 Å². The number of nitrogens with zero attached hydrogens (tertiary/aromatic N) is 4. The Hall–Kier alpha value is -3.33. The van der Waals surface area contributed by atoms with Crippen LogP contribution in [0.2, 0.25) is 0 Å². The van der Waals surface area contributed by atoms with Crippen molar-refractivity contribution < 1.29 is 19.0 Å². The maximum absolute atomic E-state index is 13.1. The molecule has 3 aromatic rings. The zero-order valence-electron chi connectivity index (χ0n) is 18.0. The molecular formula is C23H24N4O4S. The van der Waals surface area contributed by atoms with Crippen molar-refractivity contribution in [3.8, 4) is 17.2 Å². The lowest BCUT2D eigenvalue weighted by atomic mass is 10.1. The van der Waals surface area contributed by atoms with E-state index in [1.807, 2.05) is 29.2 Å². The Kier molecular flexibility index (Phi) is 5.57. The maximum atomic E-state index is 13.1. The Bertz CT molecular complexity index is 1130. The van der Waals surface area contributed by atoms with Crippen molar-refractivity contribution >= 4 is 22.6 Å². The highest BCUT2D eigenvalue weighted by atomic mass is 32.1. The number of anilines is 1.